The molecule has 3 heteroatoms. The molecule has 3 nitrogen and oxygen atoms in total. The van der Waals surface area contributed by atoms with Crippen LogP contribution in [0.2, 0.25) is 0 Å². The first-order valence-electron chi connectivity index (χ1n) is 3.13. The third kappa shape index (κ3) is 1.97. The largest absolute Gasteiger partial charge is 0.431 e. The molecule has 0 spiro atoms. The van der Waals surface area contributed by atoms with Crippen molar-refractivity contribution in [2.24, 2.45) is 0 Å². The van der Waals surface area contributed by atoms with Crippen molar-refractivity contribution in [3.8, 4) is 5.95 Å². The van der Waals surface area contributed by atoms with Gasteiger partial charge in [-0.1, -0.05) is 6.58 Å². The number of ether oxygens (including phenoxy) is 1. The second-order valence-corrected chi connectivity index (χ2v) is 1.99. The second-order valence-electron chi connectivity index (χ2n) is 1.99. The number of hydrogen-bond acceptors (Lipinski definition) is 3. The first-order valence-corrected chi connectivity index (χ1v) is 3.13. The van der Waals surface area contributed by atoms with E-state index in [0.29, 0.717) is 5.76 Å². The Balaban J connectivity index is 2.64. The highest BCUT2D eigenvalue weighted by atomic mass is 16.6. The maximum Gasteiger partial charge on any atom is 0.337 e. The maximum absolute atomic E-state index is 10.6. The quantitative estimate of drug-likeness (QED) is 0.478. The van der Waals surface area contributed by atoms with E-state index in [-0.39, 0.29) is 5.95 Å². The monoisotopic (exact) mass is 152 g/mol. The number of furan rings is 1. The van der Waals surface area contributed by atoms with Crippen LogP contribution in [-0.2, 0) is 4.79 Å². The summed E-state index contributed by atoms with van der Waals surface area (Å²) in [6.07, 6.45) is 1.08. The van der Waals surface area contributed by atoms with Crippen LogP contribution in [0.25, 0.3) is 0 Å². The Labute approximate surface area is 64.3 Å². The van der Waals surface area contributed by atoms with Crippen molar-refractivity contribution in [1.82, 2.24) is 0 Å². The lowest BCUT2D eigenvalue weighted by Crippen LogP contribution is -2.01. The lowest BCUT2D eigenvalue weighted by molar-refractivity contribution is -0.130. The van der Waals surface area contributed by atoms with Crippen LogP contribution in [0.5, 0.6) is 5.95 Å². The van der Waals surface area contributed by atoms with Crippen molar-refractivity contribution < 1.29 is 13.9 Å². The van der Waals surface area contributed by atoms with Crippen LogP contribution in [0.15, 0.2) is 29.2 Å². The van der Waals surface area contributed by atoms with Gasteiger partial charge in [0.25, 0.3) is 5.95 Å². The molecule has 11 heavy (non-hydrogen) atoms. The number of hydrogen-bond donors (Lipinski definition) is 0. The smallest absolute Gasteiger partial charge is 0.337 e. The Kier molecular flexibility index (Phi) is 2.11. The average molecular weight is 152 g/mol. The van der Waals surface area contributed by atoms with E-state index < -0.39 is 5.97 Å². The summed E-state index contributed by atoms with van der Waals surface area (Å²) in [5.74, 6) is 0.392. The Morgan fingerprint density at radius 1 is 1.73 bits per heavy atom. The number of carbonyl (C=O) groups excluding carboxylic acids is 1. The highest BCUT2D eigenvalue weighted by molar-refractivity contribution is 5.82. The van der Waals surface area contributed by atoms with Crippen molar-refractivity contribution in [3.05, 3.63) is 30.5 Å². The van der Waals surface area contributed by atoms with Gasteiger partial charge in [-0.25, -0.2) is 4.79 Å². The van der Waals surface area contributed by atoms with Crippen molar-refractivity contribution in [2.45, 2.75) is 6.92 Å². The van der Waals surface area contributed by atoms with Gasteiger partial charge in [-0.3, -0.25) is 0 Å². The summed E-state index contributed by atoms with van der Waals surface area (Å²) >= 11 is 0. The fraction of sp³-hybridized carbons (Fsp3) is 0.125. The van der Waals surface area contributed by atoms with Gasteiger partial charge in [0.15, 0.2) is 0 Å². The van der Waals surface area contributed by atoms with E-state index in [2.05, 4.69) is 11.3 Å². The van der Waals surface area contributed by atoms with Gasteiger partial charge in [0, 0.05) is 12.1 Å². The van der Waals surface area contributed by atoms with Gasteiger partial charge >= 0.3 is 5.97 Å². The van der Waals surface area contributed by atoms with E-state index >= 15 is 0 Å². The van der Waals surface area contributed by atoms with Gasteiger partial charge in [0.2, 0.25) is 0 Å². The second kappa shape index (κ2) is 3.05. The molecule has 0 aliphatic rings. The predicted molar refractivity (Wildman–Crippen MR) is 39.3 cm³/mol. The normalized spacial score (nSPS) is 9.18. The molecule has 0 saturated carbocycles. The summed E-state index contributed by atoms with van der Waals surface area (Å²) in [5.41, 5.74) is 0. The Morgan fingerprint density at radius 2 is 2.45 bits per heavy atom. The van der Waals surface area contributed by atoms with Crippen LogP contribution in [0.1, 0.15) is 5.76 Å². The standard InChI is InChI=1S/C8H8O3/c1-3-7(9)11-8-5-4-6(2)10-8/h3-5H,1H2,2H3. The van der Waals surface area contributed by atoms with Crippen LogP contribution in [-0.4, -0.2) is 5.97 Å². The number of aryl methyl sites for hydroxylation is 1. The minimum absolute atomic E-state index is 0.201. The third-order valence-electron chi connectivity index (χ3n) is 1.08. The lowest BCUT2D eigenvalue weighted by atomic mass is 10.5. The molecule has 0 atom stereocenters. The molecule has 0 aliphatic heterocycles. The van der Waals surface area contributed by atoms with Crippen molar-refractivity contribution in [1.29, 1.82) is 0 Å². The molecule has 0 N–H and O–H groups in total. The molecular weight excluding hydrogens is 144 g/mol. The molecule has 58 valence electrons. The molecule has 1 aromatic heterocycles. The number of carbonyl (C=O) groups is 1. The molecule has 0 saturated heterocycles. The van der Waals surface area contributed by atoms with Crippen LogP contribution < -0.4 is 4.74 Å². The maximum atomic E-state index is 10.6. The molecule has 1 aromatic rings. The van der Waals surface area contributed by atoms with Gasteiger partial charge in [-0.15, -0.1) is 0 Å². The van der Waals surface area contributed by atoms with Gasteiger partial charge < -0.3 is 9.15 Å². The summed E-state index contributed by atoms with van der Waals surface area (Å²) in [7, 11) is 0. The third-order valence-corrected chi connectivity index (χ3v) is 1.08. The lowest BCUT2D eigenvalue weighted by Gasteiger charge is -1.92. The number of rotatable bonds is 2. The number of esters is 1. The molecule has 0 amide bonds. The SMILES string of the molecule is C=CC(=O)Oc1ccc(C)o1. The molecule has 1 rings (SSSR count). The van der Waals surface area contributed by atoms with Gasteiger partial charge in [0.1, 0.15) is 5.76 Å². The van der Waals surface area contributed by atoms with Gasteiger partial charge in [-0.05, 0) is 13.0 Å². The summed E-state index contributed by atoms with van der Waals surface area (Å²) < 4.78 is 9.63. The van der Waals surface area contributed by atoms with Crippen molar-refractivity contribution in [2.75, 3.05) is 0 Å². The summed E-state index contributed by atoms with van der Waals surface area (Å²) in [6, 6.07) is 3.29. The minimum atomic E-state index is -0.514. The minimum Gasteiger partial charge on any atom is -0.431 e. The first kappa shape index (κ1) is 7.60. The fourth-order valence-electron chi connectivity index (χ4n) is 0.608. The Morgan fingerprint density at radius 3 is 2.91 bits per heavy atom. The highest BCUT2D eigenvalue weighted by Gasteiger charge is 2.02. The van der Waals surface area contributed by atoms with Crippen molar-refractivity contribution >= 4 is 5.97 Å². The highest BCUT2D eigenvalue weighted by Crippen LogP contribution is 2.14. The van der Waals surface area contributed by atoms with E-state index in [1.165, 1.54) is 0 Å². The van der Waals surface area contributed by atoms with E-state index in [9.17, 15) is 4.79 Å². The first-order chi connectivity index (χ1) is 5.22. The molecule has 0 aromatic carbocycles. The van der Waals surface area contributed by atoms with E-state index in [1.54, 1.807) is 19.1 Å². The van der Waals surface area contributed by atoms with Crippen molar-refractivity contribution in [3.63, 3.8) is 0 Å². The average Bonchev–Trinajstić information content (AvgIpc) is 2.35. The van der Waals surface area contributed by atoms with Crippen LogP contribution in [0.3, 0.4) is 0 Å². The molecule has 0 fully saturated rings. The topological polar surface area (TPSA) is 39.4 Å². The fourth-order valence-corrected chi connectivity index (χ4v) is 0.608. The Hall–Kier alpha value is -1.51. The van der Waals surface area contributed by atoms with E-state index in [4.69, 9.17) is 4.42 Å². The van der Waals surface area contributed by atoms with Gasteiger partial charge in [-0.2, -0.15) is 0 Å². The molecular formula is C8H8O3. The van der Waals surface area contributed by atoms with Crippen LogP contribution in [0.4, 0.5) is 0 Å². The zero-order valence-corrected chi connectivity index (χ0v) is 6.16. The zero-order valence-electron chi connectivity index (χ0n) is 6.16. The van der Waals surface area contributed by atoms with E-state index in [0.717, 1.165) is 6.08 Å². The molecule has 0 bridgehead atoms. The van der Waals surface area contributed by atoms with E-state index in [1.807, 2.05) is 0 Å². The summed E-state index contributed by atoms with van der Waals surface area (Å²) in [5, 5.41) is 0. The van der Waals surface area contributed by atoms with Gasteiger partial charge in [0.05, 0.1) is 0 Å². The predicted octanol–water partition coefficient (Wildman–Crippen LogP) is 1.68. The van der Waals surface area contributed by atoms with Crippen LogP contribution >= 0.6 is 0 Å². The zero-order chi connectivity index (χ0) is 8.27. The van der Waals surface area contributed by atoms with Crippen LogP contribution in [0, 0.1) is 6.92 Å². The Bertz CT molecular complexity index is 273. The molecule has 0 unspecified atom stereocenters. The molecule has 1 heterocycles. The molecule has 0 aliphatic carbocycles. The summed E-state index contributed by atoms with van der Waals surface area (Å²) in [4.78, 5) is 10.6. The summed E-state index contributed by atoms with van der Waals surface area (Å²) in [6.45, 7) is 5.02. The molecule has 0 radical (unpaired) electrons.